The van der Waals surface area contributed by atoms with Crippen LogP contribution in [0, 0.1) is 0 Å². The van der Waals surface area contributed by atoms with Crippen molar-refractivity contribution in [2.45, 2.75) is 19.4 Å². The molecule has 5 nitrogen and oxygen atoms in total. The molecule has 1 fully saturated rings. The number of piperazine rings is 1. The van der Waals surface area contributed by atoms with Crippen molar-refractivity contribution in [3.63, 3.8) is 0 Å². The summed E-state index contributed by atoms with van der Waals surface area (Å²) in [5.74, 6) is 1.54. The molecule has 122 valence electrons. The Labute approximate surface area is 143 Å². The van der Waals surface area contributed by atoms with Gasteiger partial charge in [0.05, 0.1) is 6.54 Å². The zero-order chi connectivity index (χ0) is 13.6. The first-order valence-corrected chi connectivity index (χ1v) is 7.18. The molecule has 0 amide bonds. The third-order valence-electron chi connectivity index (χ3n) is 3.56. The van der Waals surface area contributed by atoms with Gasteiger partial charge in [0.2, 0.25) is 5.89 Å². The summed E-state index contributed by atoms with van der Waals surface area (Å²) >= 11 is 0. The van der Waals surface area contributed by atoms with Crippen LogP contribution >= 0.6 is 24.8 Å². The molecule has 1 aliphatic heterocycles. The molecule has 0 atom stereocenters. The normalized spacial score (nSPS) is 14.9. The second-order valence-corrected chi connectivity index (χ2v) is 5.12. The van der Waals surface area contributed by atoms with Gasteiger partial charge in [-0.05, 0) is 12.0 Å². The van der Waals surface area contributed by atoms with Gasteiger partial charge in [-0.3, -0.25) is 4.90 Å². The third-order valence-corrected chi connectivity index (χ3v) is 3.56. The molecular formula is C15H22Cl2N4O. The Balaban J connectivity index is 0.00000121. The standard InChI is InChI=1S/C15H20N4O.2ClH/c1-2-4-13(5-3-1)6-7-14-17-15(20-18-14)12-19-10-8-16-9-11-19;;/h1-5,16H,6-12H2;2*1H. The molecule has 0 spiro atoms. The second-order valence-electron chi connectivity index (χ2n) is 5.12. The molecule has 0 saturated carbocycles. The van der Waals surface area contributed by atoms with Gasteiger partial charge in [0.1, 0.15) is 0 Å². The lowest BCUT2D eigenvalue weighted by molar-refractivity contribution is 0.203. The van der Waals surface area contributed by atoms with E-state index in [1.54, 1.807) is 0 Å². The van der Waals surface area contributed by atoms with Crippen molar-refractivity contribution in [3.05, 3.63) is 47.6 Å². The molecule has 2 aromatic rings. The van der Waals surface area contributed by atoms with Gasteiger partial charge in [-0.1, -0.05) is 35.5 Å². The van der Waals surface area contributed by atoms with Crippen LogP contribution in [0.1, 0.15) is 17.3 Å². The average Bonchev–Trinajstić information content (AvgIpc) is 2.95. The number of aromatic nitrogens is 2. The molecule has 0 aliphatic carbocycles. The Morgan fingerprint density at radius 1 is 1.05 bits per heavy atom. The number of nitrogens with one attached hydrogen (secondary N) is 1. The summed E-state index contributed by atoms with van der Waals surface area (Å²) < 4.78 is 5.33. The first-order chi connectivity index (χ1) is 9.90. The van der Waals surface area contributed by atoms with Crippen molar-refractivity contribution < 1.29 is 4.52 Å². The molecular weight excluding hydrogens is 323 g/mol. The molecule has 3 rings (SSSR count). The van der Waals surface area contributed by atoms with Gasteiger partial charge in [-0.2, -0.15) is 4.98 Å². The molecule has 22 heavy (non-hydrogen) atoms. The number of hydrogen-bond donors (Lipinski definition) is 1. The molecule has 1 N–H and O–H groups in total. The van der Waals surface area contributed by atoms with Crippen LogP contribution in [0.2, 0.25) is 0 Å². The fourth-order valence-corrected chi connectivity index (χ4v) is 2.42. The molecule has 1 aromatic heterocycles. The lowest BCUT2D eigenvalue weighted by atomic mass is 10.1. The van der Waals surface area contributed by atoms with Gasteiger partial charge in [-0.25, -0.2) is 0 Å². The van der Waals surface area contributed by atoms with Crippen molar-refractivity contribution in [3.8, 4) is 0 Å². The Kier molecular flexibility index (Phi) is 8.42. The van der Waals surface area contributed by atoms with E-state index in [4.69, 9.17) is 4.52 Å². The summed E-state index contributed by atoms with van der Waals surface area (Å²) in [6, 6.07) is 10.4. The number of rotatable bonds is 5. The Bertz CT molecular complexity index is 529. The van der Waals surface area contributed by atoms with E-state index in [2.05, 4.69) is 44.6 Å². The number of aryl methyl sites for hydroxylation is 2. The van der Waals surface area contributed by atoms with E-state index in [-0.39, 0.29) is 24.8 Å². The first kappa shape index (κ1) is 18.9. The van der Waals surface area contributed by atoms with Crippen LogP contribution in [0.3, 0.4) is 0 Å². The number of nitrogens with zero attached hydrogens (tertiary/aromatic N) is 3. The Morgan fingerprint density at radius 3 is 2.50 bits per heavy atom. The highest BCUT2D eigenvalue weighted by Crippen LogP contribution is 2.07. The molecule has 0 radical (unpaired) electrons. The van der Waals surface area contributed by atoms with Crippen molar-refractivity contribution >= 4 is 24.8 Å². The summed E-state index contributed by atoms with van der Waals surface area (Å²) in [4.78, 5) is 6.82. The third kappa shape index (κ3) is 5.57. The molecule has 7 heteroatoms. The minimum Gasteiger partial charge on any atom is -0.338 e. The smallest absolute Gasteiger partial charge is 0.240 e. The van der Waals surface area contributed by atoms with Crippen molar-refractivity contribution in [1.82, 2.24) is 20.4 Å². The molecule has 1 aromatic carbocycles. The van der Waals surface area contributed by atoms with E-state index in [0.717, 1.165) is 57.3 Å². The van der Waals surface area contributed by atoms with Crippen LogP contribution in [-0.4, -0.2) is 41.2 Å². The van der Waals surface area contributed by atoms with Gasteiger partial charge >= 0.3 is 0 Å². The first-order valence-electron chi connectivity index (χ1n) is 7.18. The second kappa shape index (κ2) is 9.79. The van der Waals surface area contributed by atoms with Gasteiger partial charge in [0, 0.05) is 32.6 Å². The zero-order valence-corrected chi connectivity index (χ0v) is 14.0. The highest BCUT2D eigenvalue weighted by atomic mass is 35.5. The van der Waals surface area contributed by atoms with Crippen molar-refractivity contribution in [1.29, 1.82) is 0 Å². The highest BCUT2D eigenvalue weighted by molar-refractivity contribution is 5.85. The van der Waals surface area contributed by atoms with E-state index >= 15 is 0 Å². The number of halogens is 2. The minimum absolute atomic E-state index is 0. The largest absolute Gasteiger partial charge is 0.338 e. The lowest BCUT2D eigenvalue weighted by Crippen LogP contribution is -2.42. The van der Waals surface area contributed by atoms with Crippen LogP contribution in [0.15, 0.2) is 34.9 Å². The predicted molar refractivity (Wildman–Crippen MR) is 90.8 cm³/mol. The zero-order valence-electron chi connectivity index (χ0n) is 12.4. The SMILES string of the molecule is Cl.Cl.c1ccc(CCc2noc(CN3CCNCC3)n2)cc1. The highest BCUT2D eigenvalue weighted by Gasteiger charge is 2.14. The molecule has 1 saturated heterocycles. The summed E-state index contributed by atoms with van der Waals surface area (Å²) in [6.45, 7) is 4.92. The van der Waals surface area contributed by atoms with E-state index in [1.807, 2.05) is 6.07 Å². The summed E-state index contributed by atoms with van der Waals surface area (Å²) in [6.07, 6.45) is 1.78. The molecule has 1 aliphatic rings. The summed E-state index contributed by atoms with van der Waals surface area (Å²) in [7, 11) is 0. The van der Waals surface area contributed by atoms with Crippen LogP contribution in [0.5, 0.6) is 0 Å². The number of benzene rings is 1. The fourth-order valence-electron chi connectivity index (χ4n) is 2.42. The van der Waals surface area contributed by atoms with E-state index in [1.165, 1.54) is 5.56 Å². The lowest BCUT2D eigenvalue weighted by Gasteiger charge is -2.25. The topological polar surface area (TPSA) is 54.2 Å². The average molecular weight is 345 g/mol. The van der Waals surface area contributed by atoms with Crippen LogP contribution in [-0.2, 0) is 19.4 Å². The summed E-state index contributed by atoms with van der Waals surface area (Å²) in [5, 5.41) is 7.40. The maximum atomic E-state index is 5.33. The Hall–Kier alpha value is -1.14. The van der Waals surface area contributed by atoms with E-state index < -0.39 is 0 Å². The maximum absolute atomic E-state index is 5.33. The number of hydrogen-bond acceptors (Lipinski definition) is 5. The minimum atomic E-state index is 0. The summed E-state index contributed by atoms with van der Waals surface area (Å²) in [5.41, 5.74) is 1.31. The van der Waals surface area contributed by atoms with Gasteiger partial charge in [-0.15, -0.1) is 24.8 Å². The van der Waals surface area contributed by atoms with Gasteiger partial charge < -0.3 is 9.84 Å². The molecule has 2 heterocycles. The fraction of sp³-hybridized carbons (Fsp3) is 0.467. The quantitative estimate of drug-likeness (QED) is 0.900. The van der Waals surface area contributed by atoms with Crippen molar-refractivity contribution in [2.24, 2.45) is 0 Å². The van der Waals surface area contributed by atoms with Crippen LogP contribution < -0.4 is 5.32 Å². The van der Waals surface area contributed by atoms with E-state index in [0.29, 0.717) is 0 Å². The molecule has 0 unspecified atom stereocenters. The molecule has 0 bridgehead atoms. The van der Waals surface area contributed by atoms with Crippen molar-refractivity contribution in [2.75, 3.05) is 26.2 Å². The Morgan fingerprint density at radius 2 is 1.77 bits per heavy atom. The maximum Gasteiger partial charge on any atom is 0.240 e. The van der Waals surface area contributed by atoms with Crippen LogP contribution in [0.4, 0.5) is 0 Å². The van der Waals surface area contributed by atoms with Gasteiger partial charge in [0.15, 0.2) is 5.82 Å². The van der Waals surface area contributed by atoms with E-state index in [9.17, 15) is 0 Å². The van der Waals surface area contributed by atoms with Crippen LogP contribution in [0.25, 0.3) is 0 Å². The monoisotopic (exact) mass is 344 g/mol. The van der Waals surface area contributed by atoms with Gasteiger partial charge in [0.25, 0.3) is 0 Å². The predicted octanol–water partition coefficient (Wildman–Crippen LogP) is 2.10.